The minimum absolute atomic E-state index is 0.139. The molecule has 1 aromatic rings. The van der Waals surface area contributed by atoms with E-state index in [4.69, 9.17) is 4.74 Å². The van der Waals surface area contributed by atoms with Gasteiger partial charge in [-0.3, -0.25) is 4.39 Å². The third-order valence-electron chi connectivity index (χ3n) is 3.92. The fraction of sp³-hybridized carbons (Fsp3) is 0.529. The van der Waals surface area contributed by atoms with Crippen LogP contribution in [-0.2, 0) is 0 Å². The molecule has 0 saturated heterocycles. The summed E-state index contributed by atoms with van der Waals surface area (Å²) in [6, 6.07) is -0.447. The van der Waals surface area contributed by atoms with E-state index < -0.39 is 31.3 Å². The number of amides is 2. The molecule has 0 aliphatic heterocycles. The summed E-state index contributed by atoms with van der Waals surface area (Å²) < 4.78 is 44.5. The first kappa shape index (κ1) is 22.3. The molecule has 0 fully saturated rings. The lowest BCUT2D eigenvalue weighted by molar-refractivity contribution is 0.169. The van der Waals surface area contributed by atoms with Crippen molar-refractivity contribution in [1.29, 1.82) is 0 Å². The van der Waals surface area contributed by atoms with Gasteiger partial charge < -0.3 is 15.0 Å². The maximum Gasteiger partial charge on any atom is 0.318 e. The van der Waals surface area contributed by atoms with Gasteiger partial charge in [-0.25, -0.2) is 18.6 Å². The summed E-state index contributed by atoms with van der Waals surface area (Å²) >= 11 is 3.34. The van der Waals surface area contributed by atoms with Crippen LogP contribution in [0, 0.1) is 0 Å². The Bertz CT molecular complexity index is 619. The van der Waals surface area contributed by atoms with Crippen molar-refractivity contribution in [2.45, 2.75) is 38.5 Å². The zero-order valence-corrected chi connectivity index (χ0v) is 16.5. The zero-order valence-electron chi connectivity index (χ0n) is 14.9. The van der Waals surface area contributed by atoms with E-state index in [1.54, 1.807) is 26.1 Å². The lowest BCUT2D eigenvalue weighted by atomic mass is 10.1. The summed E-state index contributed by atoms with van der Waals surface area (Å²) in [5.41, 5.74) is 0.729. The second-order valence-electron chi connectivity index (χ2n) is 5.51. The molecular formula is C17H23BrF3N3O2. The van der Waals surface area contributed by atoms with Gasteiger partial charge in [0.05, 0.1) is 36.7 Å². The van der Waals surface area contributed by atoms with Gasteiger partial charge in [0.2, 0.25) is 5.88 Å². The van der Waals surface area contributed by atoms with E-state index in [2.05, 4.69) is 26.2 Å². The number of hydrogen-bond acceptors (Lipinski definition) is 3. The summed E-state index contributed by atoms with van der Waals surface area (Å²) in [5, 5.41) is 2.40. The Morgan fingerprint density at radius 3 is 2.73 bits per heavy atom. The SMILES string of the molecule is CCN(C(=O)NC(C=CF)C(F)CCF)[C@H](C)c1cnc(OC)c(Br)c1. The summed E-state index contributed by atoms with van der Waals surface area (Å²) in [4.78, 5) is 18.1. The first-order valence-electron chi connectivity index (χ1n) is 8.13. The number of nitrogens with zero attached hydrogens (tertiary/aromatic N) is 2. The molecule has 1 aromatic heterocycles. The topological polar surface area (TPSA) is 54.5 Å². The van der Waals surface area contributed by atoms with Crippen molar-refractivity contribution < 1.29 is 22.7 Å². The van der Waals surface area contributed by atoms with Gasteiger partial charge in [-0.05, 0) is 47.5 Å². The smallest absolute Gasteiger partial charge is 0.318 e. The molecule has 2 amide bonds. The van der Waals surface area contributed by atoms with Crippen molar-refractivity contribution in [3.8, 4) is 5.88 Å². The molecular weight excluding hydrogens is 415 g/mol. The number of hydrogen-bond donors (Lipinski definition) is 1. The first-order valence-corrected chi connectivity index (χ1v) is 8.92. The van der Waals surface area contributed by atoms with Gasteiger partial charge in [-0.15, -0.1) is 0 Å². The predicted molar refractivity (Wildman–Crippen MR) is 97.3 cm³/mol. The number of nitrogens with one attached hydrogen (secondary N) is 1. The van der Waals surface area contributed by atoms with Gasteiger partial charge >= 0.3 is 6.03 Å². The molecule has 26 heavy (non-hydrogen) atoms. The molecule has 0 aromatic carbocycles. The van der Waals surface area contributed by atoms with Crippen molar-refractivity contribution >= 4 is 22.0 Å². The van der Waals surface area contributed by atoms with Crippen molar-refractivity contribution in [3.63, 3.8) is 0 Å². The van der Waals surface area contributed by atoms with Gasteiger partial charge in [-0.1, -0.05) is 0 Å². The van der Waals surface area contributed by atoms with Crippen molar-refractivity contribution in [3.05, 3.63) is 34.7 Å². The van der Waals surface area contributed by atoms with Crippen molar-refractivity contribution in [1.82, 2.24) is 15.2 Å². The predicted octanol–water partition coefficient (Wildman–Crippen LogP) is 4.49. The number of alkyl halides is 2. The highest BCUT2D eigenvalue weighted by molar-refractivity contribution is 9.10. The molecule has 1 heterocycles. The van der Waals surface area contributed by atoms with Gasteiger partial charge in [0.15, 0.2) is 0 Å². The summed E-state index contributed by atoms with van der Waals surface area (Å²) in [7, 11) is 1.49. The number of rotatable bonds is 9. The Labute approximate surface area is 159 Å². The molecule has 2 unspecified atom stereocenters. The van der Waals surface area contributed by atoms with E-state index in [1.165, 1.54) is 12.0 Å². The molecule has 0 aliphatic rings. The molecule has 0 aliphatic carbocycles. The normalized spacial score (nSPS) is 14.7. The second-order valence-corrected chi connectivity index (χ2v) is 6.36. The van der Waals surface area contributed by atoms with Crippen LogP contribution in [-0.4, -0.2) is 48.5 Å². The Morgan fingerprint density at radius 1 is 1.54 bits per heavy atom. The van der Waals surface area contributed by atoms with Crippen molar-refractivity contribution in [2.24, 2.45) is 0 Å². The second kappa shape index (κ2) is 11.1. The lowest BCUT2D eigenvalue weighted by Gasteiger charge is -2.30. The number of aromatic nitrogens is 1. The maximum atomic E-state index is 13.9. The number of carbonyl (C=O) groups excluding carboxylic acids is 1. The van der Waals surface area contributed by atoms with E-state index in [1.807, 2.05) is 0 Å². The van der Waals surface area contributed by atoms with Crippen LogP contribution in [0.2, 0.25) is 0 Å². The number of ether oxygens (including phenoxy) is 1. The minimum atomic E-state index is -1.72. The Balaban J connectivity index is 2.94. The molecule has 3 atom stereocenters. The Morgan fingerprint density at radius 2 is 2.23 bits per heavy atom. The third kappa shape index (κ3) is 5.89. The number of carbonyl (C=O) groups is 1. The molecule has 9 heteroatoms. The first-order chi connectivity index (χ1) is 12.4. The number of methoxy groups -OCH3 is 1. The van der Waals surface area contributed by atoms with Gasteiger partial charge in [0.1, 0.15) is 6.17 Å². The Hall–Kier alpha value is -1.77. The Kier molecular flexibility index (Phi) is 9.47. The number of halogens is 4. The van der Waals surface area contributed by atoms with Gasteiger partial charge in [0.25, 0.3) is 0 Å². The summed E-state index contributed by atoms with van der Waals surface area (Å²) in [6.45, 7) is 2.97. The standard InChI is InChI=1S/C17H23BrF3N3O2/c1-4-24(11(2)12-9-13(18)16(26-3)22-10-12)17(25)23-15(6-8-20)14(21)5-7-19/h6,8-11,14-15H,4-5,7H2,1-3H3,(H,23,25)/t11-,14?,15?/m1/s1. The quantitative estimate of drug-likeness (QED) is 0.618. The fourth-order valence-electron chi connectivity index (χ4n) is 2.44. The van der Waals surface area contributed by atoms with Gasteiger partial charge in [0, 0.05) is 19.2 Å². The molecule has 0 bridgehead atoms. The van der Waals surface area contributed by atoms with Crippen LogP contribution in [0.4, 0.5) is 18.0 Å². The van der Waals surface area contributed by atoms with Crippen LogP contribution >= 0.6 is 15.9 Å². The number of urea groups is 1. The molecule has 0 saturated carbocycles. The van der Waals surface area contributed by atoms with Crippen molar-refractivity contribution in [2.75, 3.05) is 20.3 Å². The fourth-order valence-corrected chi connectivity index (χ4v) is 2.97. The average Bonchev–Trinajstić information content (AvgIpc) is 2.61. The van der Waals surface area contributed by atoms with E-state index in [9.17, 15) is 18.0 Å². The van der Waals surface area contributed by atoms with Crippen LogP contribution < -0.4 is 10.1 Å². The minimum Gasteiger partial charge on any atom is -0.480 e. The highest BCUT2D eigenvalue weighted by Crippen LogP contribution is 2.28. The van der Waals surface area contributed by atoms with E-state index in [0.29, 0.717) is 16.9 Å². The highest BCUT2D eigenvalue weighted by Gasteiger charge is 2.26. The van der Waals surface area contributed by atoms with Crippen LogP contribution in [0.25, 0.3) is 0 Å². The van der Waals surface area contributed by atoms with E-state index in [0.717, 1.165) is 11.6 Å². The summed E-state index contributed by atoms with van der Waals surface area (Å²) in [5.74, 6) is 0.410. The van der Waals surface area contributed by atoms with Crippen LogP contribution in [0.5, 0.6) is 5.88 Å². The van der Waals surface area contributed by atoms with Crippen LogP contribution in [0.1, 0.15) is 31.9 Å². The lowest BCUT2D eigenvalue weighted by Crippen LogP contribution is -2.48. The van der Waals surface area contributed by atoms with Crippen LogP contribution in [0.15, 0.2) is 29.1 Å². The number of pyridine rings is 1. The largest absolute Gasteiger partial charge is 0.480 e. The molecule has 1 rings (SSSR count). The highest BCUT2D eigenvalue weighted by atomic mass is 79.9. The third-order valence-corrected chi connectivity index (χ3v) is 4.49. The monoisotopic (exact) mass is 437 g/mol. The molecule has 1 N–H and O–H groups in total. The van der Waals surface area contributed by atoms with Gasteiger partial charge in [-0.2, -0.15) is 0 Å². The maximum absolute atomic E-state index is 13.9. The summed E-state index contributed by atoms with van der Waals surface area (Å²) in [6.07, 6.45) is 0.431. The average molecular weight is 438 g/mol. The zero-order chi connectivity index (χ0) is 19.7. The molecule has 5 nitrogen and oxygen atoms in total. The molecule has 0 spiro atoms. The van der Waals surface area contributed by atoms with E-state index >= 15 is 0 Å². The van der Waals surface area contributed by atoms with Crippen LogP contribution in [0.3, 0.4) is 0 Å². The molecule has 0 radical (unpaired) electrons. The molecule has 146 valence electrons. The van der Waals surface area contributed by atoms with E-state index in [-0.39, 0.29) is 12.4 Å².